The third-order valence-electron chi connectivity index (χ3n) is 8.23. The van der Waals surface area contributed by atoms with Crippen LogP contribution in [0.4, 0.5) is 0 Å². The highest BCUT2D eigenvalue weighted by Crippen LogP contribution is 2.60. The molecule has 4 aliphatic heterocycles. The molecule has 2 bridgehead atoms. The molecule has 1 aliphatic carbocycles. The Bertz CT molecular complexity index is 1330. The summed E-state index contributed by atoms with van der Waals surface area (Å²) in [5, 5.41) is 1.14. The summed E-state index contributed by atoms with van der Waals surface area (Å²) in [6.45, 7) is 5.94. The van der Waals surface area contributed by atoms with E-state index in [-0.39, 0.29) is 29.1 Å². The zero-order chi connectivity index (χ0) is 26.8. The molecule has 0 aromatic heterocycles. The van der Waals surface area contributed by atoms with Gasteiger partial charge in [-0.25, -0.2) is 14.6 Å². The van der Waals surface area contributed by atoms with Gasteiger partial charge >= 0.3 is 5.97 Å². The monoisotopic (exact) mass is 580 g/mol. The molecular weight excluding hydrogens is 555 g/mol. The number of hydrogen-bond donors (Lipinski definition) is 0. The van der Waals surface area contributed by atoms with Gasteiger partial charge in [-0.2, -0.15) is 0 Å². The molecule has 0 radical (unpaired) electrons. The number of esters is 1. The van der Waals surface area contributed by atoms with Crippen molar-refractivity contribution < 1.29 is 33.5 Å². The molecule has 5 aliphatic rings. The molecule has 10 heteroatoms. The predicted molar refractivity (Wildman–Crippen MR) is 140 cm³/mol. The summed E-state index contributed by atoms with van der Waals surface area (Å²) in [7, 11) is 0. The molecule has 0 amide bonds. The molecule has 4 fully saturated rings. The van der Waals surface area contributed by atoms with Crippen LogP contribution in [0.25, 0.3) is 0 Å². The Morgan fingerprint density at radius 3 is 2.47 bits per heavy atom. The van der Waals surface area contributed by atoms with Gasteiger partial charge in [0, 0.05) is 34.4 Å². The van der Waals surface area contributed by atoms with Crippen molar-refractivity contribution in [3.05, 3.63) is 62.8 Å². The highest BCUT2D eigenvalue weighted by molar-refractivity contribution is 6.35. The minimum Gasteiger partial charge on any atom is -0.454 e. The first-order valence-corrected chi connectivity index (χ1v) is 13.8. The standard InChI is InChI=1S/C28H27Cl3O7/c1-14-4-7-19-15(2)24(35-26-28(19)18(14)10-11-27(3,36-26)37-38-28)25(32)34-23-13-17(30)6-9-22(23)33-21-8-5-16(29)12-20(21)31/h5-6,8-9,12-14,18-19,26H,4,7,10-11H2,1-3H3/t14-,18+,19+,26-,27-,28-/m1/s1. The van der Waals surface area contributed by atoms with Crippen LogP contribution in [-0.2, 0) is 24.0 Å². The topological polar surface area (TPSA) is 72.5 Å². The van der Waals surface area contributed by atoms with Crippen molar-refractivity contribution in [1.29, 1.82) is 0 Å². The molecule has 1 saturated carbocycles. The number of hydrogen-bond acceptors (Lipinski definition) is 7. The highest BCUT2D eigenvalue weighted by atomic mass is 35.5. The quantitative estimate of drug-likeness (QED) is 0.207. The molecule has 7 nitrogen and oxygen atoms in total. The lowest BCUT2D eigenvalue weighted by Crippen LogP contribution is -2.67. The van der Waals surface area contributed by atoms with Gasteiger partial charge < -0.3 is 18.9 Å². The average molecular weight is 582 g/mol. The summed E-state index contributed by atoms with van der Waals surface area (Å²) < 4.78 is 24.4. The fourth-order valence-electron chi connectivity index (χ4n) is 6.29. The lowest BCUT2D eigenvalue weighted by molar-refractivity contribution is -0.556. The summed E-state index contributed by atoms with van der Waals surface area (Å²) in [6.07, 6.45) is 2.56. The Kier molecular flexibility index (Phi) is 6.61. The van der Waals surface area contributed by atoms with Crippen molar-refractivity contribution in [2.45, 2.75) is 64.1 Å². The van der Waals surface area contributed by atoms with Crippen LogP contribution in [0.2, 0.25) is 15.1 Å². The van der Waals surface area contributed by atoms with E-state index in [1.54, 1.807) is 30.3 Å². The largest absolute Gasteiger partial charge is 0.454 e. The van der Waals surface area contributed by atoms with Gasteiger partial charge in [0.25, 0.3) is 0 Å². The zero-order valence-electron chi connectivity index (χ0n) is 21.1. The lowest BCUT2D eigenvalue weighted by Gasteiger charge is -2.56. The second-order valence-electron chi connectivity index (χ2n) is 10.6. The van der Waals surface area contributed by atoms with Crippen molar-refractivity contribution in [1.82, 2.24) is 0 Å². The second kappa shape index (κ2) is 9.58. The molecule has 6 atom stereocenters. The molecule has 202 valence electrons. The maximum absolute atomic E-state index is 13.6. The third kappa shape index (κ3) is 4.28. The number of carbonyl (C=O) groups excluding carboxylic acids is 1. The maximum Gasteiger partial charge on any atom is 0.379 e. The van der Waals surface area contributed by atoms with Crippen LogP contribution in [0.5, 0.6) is 17.2 Å². The molecule has 1 spiro atoms. The zero-order valence-corrected chi connectivity index (χ0v) is 23.4. The van der Waals surface area contributed by atoms with Crippen LogP contribution < -0.4 is 9.47 Å². The molecule has 4 heterocycles. The Morgan fingerprint density at radius 2 is 1.71 bits per heavy atom. The first-order chi connectivity index (χ1) is 18.1. The van der Waals surface area contributed by atoms with E-state index in [0.717, 1.165) is 24.8 Å². The first-order valence-electron chi connectivity index (χ1n) is 12.7. The molecular formula is C28H27Cl3O7. The molecule has 38 heavy (non-hydrogen) atoms. The summed E-state index contributed by atoms with van der Waals surface area (Å²) in [5.41, 5.74) is -0.0805. The SMILES string of the molecule is CC1=C(C(=O)Oc2cc(Cl)ccc2Oc2ccc(Cl)cc2Cl)O[C@@H]2O[C@@]3(C)CC[C@H]4[C@H](C)CC[C@@H]1[C@@]24OO3. The molecule has 0 unspecified atom stereocenters. The van der Waals surface area contributed by atoms with Gasteiger partial charge in [0.2, 0.25) is 17.8 Å². The molecule has 3 saturated heterocycles. The van der Waals surface area contributed by atoms with Crippen molar-refractivity contribution in [3.8, 4) is 17.2 Å². The van der Waals surface area contributed by atoms with E-state index in [4.69, 9.17) is 63.5 Å². The Labute approximate surface area is 235 Å². The normalized spacial score (nSPS) is 33.7. The summed E-state index contributed by atoms with van der Waals surface area (Å²) >= 11 is 18.5. The van der Waals surface area contributed by atoms with Gasteiger partial charge in [0.05, 0.1) is 5.02 Å². The molecule has 2 aromatic carbocycles. The molecule has 0 N–H and O–H groups in total. The van der Waals surface area contributed by atoms with E-state index >= 15 is 0 Å². The van der Waals surface area contributed by atoms with Crippen molar-refractivity contribution in [2.75, 3.05) is 0 Å². The van der Waals surface area contributed by atoms with Gasteiger partial charge in [0.1, 0.15) is 5.75 Å². The summed E-state index contributed by atoms with van der Waals surface area (Å²) in [4.78, 5) is 25.6. The maximum atomic E-state index is 13.6. The van der Waals surface area contributed by atoms with E-state index < -0.39 is 23.6 Å². The smallest absolute Gasteiger partial charge is 0.379 e. The van der Waals surface area contributed by atoms with Crippen molar-refractivity contribution in [2.24, 2.45) is 17.8 Å². The average Bonchev–Trinajstić information content (AvgIpc) is 3.10. The van der Waals surface area contributed by atoms with Crippen LogP contribution in [0, 0.1) is 17.8 Å². The van der Waals surface area contributed by atoms with E-state index in [9.17, 15) is 4.79 Å². The minimum absolute atomic E-state index is 0.0918. The number of benzene rings is 2. The van der Waals surface area contributed by atoms with Gasteiger partial charge in [0.15, 0.2) is 17.1 Å². The van der Waals surface area contributed by atoms with Crippen LogP contribution in [0.1, 0.15) is 46.5 Å². The fourth-order valence-corrected chi connectivity index (χ4v) is 6.90. The molecule has 7 rings (SSSR count). The van der Waals surface area contributed by atoms with Crippen LogP contribution in [0.3, 0.4) is 0 Å². The number of carbonyl (C=O) groups is 1. The highest BCUT2D eigenvalue weighted by Gasteiger charge is 2.68. The van der Waals surface area contributed by atoms with E-state index in [2.05, 4.69) is 6.92 Å². The third-order valence-corrected chi connectivity index (χ3v) is 9.00. The van der Waals surface area contributed by atoms with Crippen LogP contribution >= 0.6 is 34.8 Å². The van der Waals surface area contributed by atoms with Crippen molar-refractivity contribution >= 4 is 40.8 Å². The number of rotatable bonds is 4. The molecule has 2 aromatic rings. The summed E-state index contributed by atoms with van der Waals surface area (Å²) in [6, 6.07) is 9.56. The van der Waals surface area contributed by atoms with Crippen LogP contribution in [0.15, 0.2) is 47.7 Å². The van der Waals surface area contributed by atoms with E-state index in [1.807, 2.05) is 13.8 Å². The first kappa shape index (κ1) is 26.2. The van der Waals surface area contributed by atoms with Gasteiger partial charge in [-0.05, 0) is 74.9 Å². The Morgan fingerprint density at radius 1 is 0.974 bits per heavy atom. The van der Waals surface area contributed by atoms with Crippen molar-refractivity contribution in [3.63, 3.8) is 0 Å². The number of fused-ring (bicyclic) bond motifs is 2. The van der Waals surface area contributed by atoms with Gasteiger partial charge in [-0.3, -0.25) is 0 Å². The second-order valence-corrected chi connectivity index (χ2v) is 11.9. The minimum atomic E-state index is -0.955. The predicted octanol–water partition coefficient (Wildman–Crippen LogP) is 7.86. The fraction of sp³-hybridized carbons (Fsp3) is 0.464. The van der Waals surface area contributed by atoms with E-state index in [1.165, 1.54) is 6.07 Å². The van der Waals surface area contributed by atoms with E-state index in [0.29, 0.717) is 33.2 Å². The Balaban J connectivity index is 1.32. The van der Waals surface area contributed by atoms with Gasteiger partial charge in [-0.15, -0.1) is 0 Å². The summed E-state index contributed by atoms with van der Waals surface area (Å²) in [5.74, 6) is -0.402. The van der Waals surface area contributed by atoms with Crippen LogP contribution in [-0.4, -0.2) is 23.6 Å². The lowest BCUT2D eigenvalue weighted by atomic mass is 9.59. The number of ether oxygens (including phenoxy) is 4. The Hall–Kier alpha value is -2.00. The van der Waals surface area contributed by atoms with Gasteiger partial charge in [-0.1, -0.05) is 41.7 Å². The number of halogens is 3.